The van der Waals surface area contributed by atoms with E-state index in [1.807, 2.05) is 32.0 Å². The van der Waals surface area contributed by atoms with Crippen LogP contribution in [-0.4, -0.2) is 33.8 Å². The minimum atomic E-state index is -3.23. The van der Waals surface area contributed by atoms with E-state index in [0.29, 0.717) is 12.5 Å². The van der Waals surface area contributed by atoms with E-state index < -0.39 is 10.0 Å². The SMILES string of the molecule is Cc1cc(C)cc(N(C)S(=O)(=O)CCCNC2CC2)c1. The summed E-state index contributed by atoms with van der Waals surface area (Å²) in [5, 5.41) is 3.34. The molecule has 0 aromatic heterocycles. The maximum atomic E-state index is 12.3. The molecule has 20 heavy (non-hydrogen) atoms. The third-order valence-electron chi connectivity index (χ3n) is 3.58. The van der Waals surface area contributed by atoms with Crippen molar-refractivity contribution in [3.05, 3.63) is 29.3 Å². The summed E-state index contributed by atoms with van der Waals surface area (Å²) in [5.41, 5.74) is 2.91. The van der Waals surface area contributed by atoms with Crippen molar-refractivity contribution in [2.24, 2.45) is 0 Å². The van der Waals surface area contributed by atoms with E-state index >= 15 is 0 Å². The summed E-state index contributed by atoms with van der Waals surface area (Å²) in [7, 11) is -1.59. The van der Waals surface area contributed by atoms with Crippen molar-refractivity contribution in [3.8, 4) is 0 Å². The van der Waals surface area contributed by atoms with E-state index in [-0.39, 0.29) is 5.75 Å². The second-order valence-electron chi connectivity index (χ2n) is 5.71. The van der Waals surface area contributed by atoms with Gasteiger partial charge in [0.25, 0.3) is 0 Å². The Morgan fingerprint density at radius 2 is 1.80 bits per heavy atom. The number of aryl methyl sites for hydroxylation is 2. The highest BCUT2D eigenvalue weighted by Gasteiger charge is 2.21. The molecule has 1 fully saturated rings. The molecule has 112 valence electrons. The van der Waals surface area contributed by atoms with Crippen LogP contribution in [-0.2, 0) is 10.0 Å². The third kappa shape index (κ3) is 4.21. The average Bonchev–Trinajstić information content (AvgIpc) is 3.16. The molecule has 0 heterocycles. The Kier molecular flexibility index (Phi) is 4.70. The molecule has 1 saturated carbocycles. The van der Waals surface area contributed by atoms with Gasteiger partial charge in [-0.3, -0.25) is 4.31 Å². The number of benzene rings is 1. The molecule has 2 rings (SSSR count). The van der Waals surface area contributed by atoms with Gasteiger partial charge in [-0.15, -0.1) is 0 Å². The van der Waals surface area contributed by atoms with Crippen LogP contribution in [0, 0.1) is 13.8 Å². The van der Waals surface area contributed by atoms with Gasteiger partial charge < -0.3 is 5.32 Å². The van der Waals surface area contributed by atoms with Crippen LogP contribution in [0.1, 0.15) is 30.4 Å². The predicted octanol–water partition coefficient (Wildman–Crippen LogP) is 2.21. The lowest BCUT2D eigenvalue weighted by molar-refractivity contribution is 0.586. The van der Waals surface area contributed by atoms with E-state index in [4.69, 9.17) is 0 Å². The molecule has 0 bridgehead atoms. The van der Waals surface area contributed by atoms with Crippen LogP contribution in [0.2, 0.25) is 0 Å². The molecular formula is C15H24N2O2S. The van der Waals surface area contributed by atoms with Crippen molar-refractivity contribution in [3.63, 3.8) is 0 Å². The maximum Gasteiger partial charge on any atom is 0.234 e. The quantitative estimate of drug-likeness (QED) is 0.785. The van der Waals surface area contributed by atoms with Crippen LogP contribution in [0.4, 0.5) is 5.69 Å². The second kappa shape index (κ2) is 6.14. The molecule has 0 aliphatic heterocycles. The number of hydrogen-bond donors (Lipinski definition) is 1. The summed E-state index contributed by atoms with van der Waals surface area (Å²) in [4.78, 5) is 0. The van der Waals surface area contributed by atoms with Crippen molar-refractivity contribution in [1.82, 2.24) is 5.32 Å². The van der Waals surface area contributed by atoms with Crippen LogP contribution in [0.15, 0.2) is 18.2 Å². The van der Waals surface area contributed by atoms with E-state index in [1.165, 1.54) is 17.1 Å². The molecule has 0 unspecified atom stereocenters. The minimum Gasteiger partial charge on any atom is -0.314 e. The number of hydrogen-bond acceptors (Lipinski definition) is 3. The van der Waals surface area contributed by atoms with Crippen LogP contribution in [0.5, 0.6) is 0 Å². The summed E-state index contributed by atoms with van der Waals surface area (Å²) in [6, 6.07) is 6.50. The molecule has 1 aliphatic carbocycles. The molecule has 0 amide bonds. The van der Waals surface area contributed by atoms with Crippen molar-refractivity contribution in [2.75, 3.05) is 23.7 Å². The van der Waals surface area contributed by atoms with E-state index in [1.54, 1.807) is 7.05 Å². The molecule has 1 aromatic rings. The lowest BCUT2D eigenvalue weighted by atomic mass is 10.1. The smallest absolute Gasteiger partial charge is 0.234 e. The van der Waals surface area contributed by atoms with Gasteiger partial charge in [0.05, 0.1) is 11.4 Å². The van der Waals surface area contributed by atoms with Gasteiger partial charge >= 0.3 is 0 Å². The van der Waals surface area contributed by atoms with Crippen molar-refractivity contribution in [2.45, 2.75) is 39.2 Å². The molecule has 1 aliphatic rings. The van der Waals surface area contributed by atoms with Crippen LogP contribution in [0.3, 0.4) is 0 Å². The van der Waals surface area contributed by atoms with Crippen molar-refractivity contribution < 1.29 is 8.42 Å². The fourth-order valence-corrected chi connectivity index (χ4v) is 3.49. The molecule has 0 saturated heterocycles. The maximum absolute atomic E-state index is 12.3. The molecule has 1 N–H and O–H groups in total. The Bertz CT molecular complexity index is 545. The van der Waals surface area contributed by atoms with E-state index in [0.717, 1.165) is 23.4 Å². The van der Waals surface area contributed by atoms with Crippen LogP contribution < -0.4 is 9.62 Å². The topological polar surface area (TPSA) is 49.4 Å². The summed E-state index contributed by atoms with van der Waals surface area (Å²) in [5.74, 6) is 0.191. The first-order chi connectivity index (χ1) is 9.38. The van der Waals surface area contributed by atoms with Gasteiger partial charge in [0.2, 0.25) is 10.0 Å². The first-order valence-corrected chi connectivity index (χ1v) is 8.78. The Labute approximate surface area is 122 Å². The largest absolute Gasteiger partial charge is 0.314 e. The van der Waals surface area contributed by atoms with Gasteiger partial charge in [0.15, 0.2) is 0 Å². The fourth-order valence-electron chi connectivity index (χ4n) is 2.28. The zero-order valence-corrected chi connectivity index (χ0v) is 13.3. The molecule has 4 nitrogen and oxygen atoms in total. The molecule has 1 aromatic carbocycles. The lowest BCUT2D eigenvalue weighted by Gasteiger charge is -2.20. The monoisotopic (exact) mass is 296 g/mol. The Morgan fingerprint density at radius 1 is 1.20 bits per heavy atom. The standard InChI is InChI=1S/C15H24N2O2S/c1-12-9-13(2)11-15(10-12)17(3)20(18,19)8-4-7-16-14-5-6-14/h9-11,14,16H,4-8H2,1-3H3. The highest BCUT2D eigenvalue weighted by molar-refractivity contribution is 7.92. The lowest BCUT2D eigenvalue weighted by Crippen LogP contribution is -2.31. The van der Waals surface area contributed by atoms with Gasteiger partial charge in [-0.25, -0.2) is 8.42 Å². The zero-order valence-electron chi connectivity index (χ0n) is 12.5. The zero-order chi connectivity index (χ0) is 14.8. The molecule has 0 atom stereocenters. The Morgan fingerprint density at radius 3 is 2.35 bits per heavy atom. The minimum absolute atomic E-state index is 0.191. The van der Waals surface area contributed by atoms with Crippen LogP contribution >= 0.6 is 0 Å². The number of nitrogens with one attached hydrogen (secondary N) is 1. The average molecular weight is 296 g/mol. The summed E-state index contributed by atoms with van der Waals surface area (Å²) in [6.07, 6.45) is 3.12. The number of nitrogens with zero attached hydrogens (tertiary/aromatic N) is 1. The van der Waals surface area contributed by atoms with Gasteiger partial charge in [0.1, 0.15) is 0 Å². The highest BCUT2D eigenvalue weighted by atomic mass is 32.2. The molecule has 0 radical (unpaired) electrons. The number of sulfonamides is 1. The van der Waals surface area contributed by atoms with Gasteiger partial charge in [-0.2, -0.15) is 0 Å². The predicted molar refractivity (Wildman–Crippen MR) is 83.7 cm³/mol. The van der Waals surface area contributed by atoms with Crippen molar-refractivity contribution >= 4 is 15.7 Å². The summed E-state index contributed by atoms with van der Waals surface area (Å²) < 4.78 is 26.0. The third-order valence-corrected chi connectivity index (χ3v) is 5.43. The first kappa shape index (κ1) is 15.3. The van der Waals surface area contributed by atoms with Gasteiger partial charge in [0, 0.05) is 13.1 Å². The van der Waals surface area contributed by atoms with Gasteiger partial charge in [-0.05, 0) is 62.9 Å². The first-order valence-electron chi connectivity index (χ1n) is 7.17. The summed E-state index contributed by atoms with van der Waals surface area (Å²) >= 11 is 0. The summed E-state index contributed by atoms with van der Waals surface area (Å²) in [6.45, 7) is 4.75. The fraction of sp³-hybridized carbons (Fsp3) is 0.600. The molecular weight excluding hydrogens is 272 g/mol. The van der Waals surface area contributed by atoms with E-state index in [2.05, 4.69) is 5.32 Å². The molecule has 0 spiro atoms. The van der Waals surface area contributed by atoms with Crippen LogP contribution in [0.25, 0.3) is 0 Å². The molecule has 5 heteroatoms. The number of anilines is 1. The normalized spacial score (nSPS) is 15.3. The van der Waals surface area contributed by atoms with E-state index in [9.17, 15) is 8.42 Å². The van der Waals surface area contributed by atoms with Crippen molar-refractivity contribution in [1.29, 1.82) is 0 Å². The van der Waals surface area contributed by atoms with Gasteiger partial charge in [-0.1, -0.05) is 6.07 Å². The highest BCUT2D eigenvalue weighted by Crippen LogP contribution is 2.21. The Hall–Kier alpha value is -1.07. The Balaban J connectivity index is 1.95. The number of rotatable bonds is 7. The second-order valence-corrected chi connectivity index (χ2v) is 7.83.